The predicted molar refractivity (Wildman–Crippen MR) is 42.3 cm³/mol. The molecule has 1 aliphatic carbocycles. The third-order valence-electron chi connectivity index (χ3n) is 2.48. The Kier molecular flexibility index (Phi) is 1.40. The molecular formula is C8H14N2. The summed E-state index contributed by atoms with van der Waals surface area (Å²) < 4.78 is 0. The number of rotatable bonds is 0. The second-order valence-corrected chi connectivity index (χ2v) is 3.32. The molecule has 0 unspecified atom stereocenters. The van der Waals surface area contributed by atoms with Crippen molar-refractivity contribution < 1.29 is 0 Å². The Morgan fingerprint density at radius 2 is 2.20 bits per heavy atom. The molecular weight excluding hydrogens is 124 g/mol. The quantitative estimate of drug-likeness (QED) is 0.536. The van der Waals surface area contributed by atoms with E-state index in [0.29, 0.717) is 12.1 Å². The monoisotopic (exact) mass is 138 g/mol. The molecule has 0 radical (unpaired) electrons. The molecule has 0 spiro atoms. The SMILES string of the molecule is CC1=N[C@@H]2CCCC[C@H]2N1. The summed E-state index contributed by atoms with van der Waals surface area (Å²) in [7, 11) is 0. The molecule has 2 aliphatic rings. The Hall–Kier alpha value is -0.530. The van der Waals surface area contributed by atoms with Crippen molar-refractivity contribution in [2.75, 3.05) is 0 Å². The summed E-state index contributed by atoms with van der Waals surface area (Å²) in [6.07, 6.45) is 5.39. The first-order chi connectivity index (χ1) is 4.86. The fraction of sp³-hybridized carbons (Fsp3) is 0.875. The highest BCUT2D eigenvalue weighted by Crippen LogP contribution is 2.24. The van der Waals surface area contributed by atoms with E-state index in [4.69, 9.17) is 0 Å². The molecule has 0 saturated heterocycles. The highest BCUT2D eigenvalue weighted by molar-refractivity contribution is 5.81. The Morgan fingerprint density at radius 3 is 3.00 bits per heavy atom. The zero-order valence-electron chi connectivity index (χ0n) is 6.43. The van der Waals surface area contributed by atoms with Crippen LogP contribution < -0.4 is 5.32 Å². The molecule has 1 N–H and O–H groups in total. The fourth-order valence-electron chi connectivity index (χ4n) is 1.99. The second-order valence-electron chi connectivity index (χ2n) is 3.32. The largest absolute Gasteiger partial charge is 0.369 e. The normalized spacial score (nSPS) is 38.3. The zero-order chi connectivity index (χ0) is 6.97. The summed E-state index contributed by atoms with van der Waals surface area (Å²) in [4.78, 5) is 4.52. The van der Waals surface area contributed by atoms with Crippen molar-refractivity contribution >= 4 is 5.84 Å². The van der Waals surface area contributed by atoms with Crippen LogP contribution in [0, 0.1) is 0 Å². The summed E-state index contributed by atoms with van der Waals surface area (Å²) in [5.74, 6) is 1.15. The van der Waals surface area contributed by atoms with Crippen molar-refractivity contribution in [3.05, 3.63) is 0 Å². The highest BCUT2D eigenvalue weighted by Gasteiger charge is 2.28. The standard InChI is InChI=1S/C8H14N2/c1-6-9-7-4-2-3-5-8(7)10-6/h7-8H,2-5H2,1H3,(H,9,10)/t7-,8-/m1/s1. The van der Waals surface area contributed by atoms with Gasteiger partial charge in [0.05, 0.1) is 11.9 Å². The van der Waals surface area contributed by atoms with Gasteiger partial charge in [-0.15, -0.1) is 0 Å². The van der Waals surface area contributed by atoms with Crippen LogP contribution in [0.25, 0.3) is 0 Å². The maximum Gasteiger partial charge on any atom is 0.0938 e. The summed E-state index contributed by atoms with van der Waals surface area (Å²) >= 11 is 0. The van der Waals surface area contributed by atoms with E-state index in [0.717, 1.165) is 5.84 Å². The number of hydrogen-bond donors (Lipinski definition) is 1. The number of aliphatic imine (C=N–C) groups is 1. The van der Waals surface area contributed by atoms with Gasteiger partial charge in [-0.05, 0) is 19.8 Å². The smallest absolute Gasteiger partial charge is 0.0938 e. The first-order valence-electron chi connectivity index (χ1n) is 4.17. The van der Waals surface area contributed by atoms with Crippen molar-refractivity contribution in [1.82, 2.24) is 5.32 Å². The minimum atomic E-state index is 0.619. The van der Waals surface area contributed by atoms with Crippen LogP contribution in [0.2, 0.25) is 0 Å². The van der Waals surface area contributed by atoms with E-state index in [9.17, 15) is 0 Å². The van der Waals surface area contributed by atoms with Gasteiger partial charge in [-0.2, -0.15) is 0 Å². The van der Waals surface area contributed by atoms with Gasteiger partial charge in [0.1, 0.15) is 0 Å². The Balaban J connectivity index is 2.06. The van der Waals surface area contributed by atoms with Crippen molar-refractivity contribution in [2.24, 2.45) is 4.99 Å². The molecule has 0 amide bonds. The van der Waals surface area contributed by atoms with Gasteiger partial charge in [0.2, 0.25) is 0 Å². The topological polar surface area (TPSA) is 24.4 Å². The van der Waals surface area contributed by atoms with E-state index in [-0.39, 0.29) is 0 Å². The molecule has 10 heavy (non-hydrogen) atoms. The number of hydrogen-bond acceptors (Lipinski definition) is 2. The van der Waals surface area contributed by atoms with Crippen molar-refractivity contribution in [3.8, 4) is 0 Å². The van der Waals surface area contributed by atoms with Gasteiger partial charge in [-0.25, -0.2) is 0 Å². The number of nitrogens with one attached hydrogen (secondary N) is 1. The van der Waals surface area contributed by atoms with E-state index in [1.165, 1.54) is 25.7 Å². The van der Waals surface area contributed by atoms with Crippen molar-refractivity contribution in [1.29, 1.82) is 0 Å². The average molecular weight is 138 g/mol. The molecule has 2 atom stereocenters. The lowest BCUT2D eigenvalue weighted by Gasteiger charge is -2.23. The van der Waals surface area contributed by atoms with Gasteiger partial charge in [0.15, 0.2) is 0 Å². The van der Waals surface area contributed by atoms with Gasteiger partial charge in [-0.1, -0.05) is 12.8 Å². The minimum absolute atomic E-state index is 0.619. The lowest BCUT2D eigenvalue weighted by Crippen LogP contribution is -2.35. The molecule has 56 valence electrons. The highest BCUT2D eigenvalue weighted by atomic mass is 15.1. The summed E-state index contributed by atoms with van der Waals surface area (Å²) in [5, 5.41) is 3.41. The van der Waals surface area contributed by atoms with Crippen molar-refractivity contribution in [2.45, 2.75) is 44.7 Å². The van der Waals surface area contributed by atoms with E-state index < -0.39 is 0 Å². The number of amidine groups is 1. The molecule has 1 aliphatic heterocycles. The van der Waals surface area contributed by atoms with Crippen LogP contribution in [-0.4, -0.2) is 17.9 Å². The van der Waals surface area contributed by atoms with Crippen LogP contribution in [0.1, 0.15) is 32.6 Å². The number of fused-ring (bicyclic) bond motifs is 1. The Morgan fingerprint density at radius 1 is 1.40 bits per heavy atom. The van der Waals surface area contributed by atoms with Gasteiger partial charge < -0.3 is 5.32 Å². The lowest BCUT2D eigenvalue weighted by atomic mass is 9.92. The Labute approximate surface area is 61.7 Å². The molecule has 0 aromatic carbocycles. The van der Waals surface area contributed by atoms with Gasteiger partial charge in [0, 0.05) is 6.04 Å². The second kappa shape index (κ2) is 2.26. The van der Waals surface area contributed by atoms with Gasteiger partial charge in [-0.3, -0.25) is 4.99 Å². The first-order valence-corrected chi connectivity index (χ1v) is 4.17. The van der Waals surface area contributed by atoms with E-state index in [1.807, 2.05) is 0 Å². The van der Waals surface area contributed by atoms with Crippen molar-refractivity contribution in [3.63, 3.8) is 0 Å². The molecule has 1 fully saturated rings. The van der Waals surface area contributed by atoms with Crippen LogP contribution in [-0.2, 0) is 0 Å². The molecule has 0 bridgehead atoms. The third kappa shape index (κ3) is 0.917. The predicted octanol–water partition coefficient (Wildman–Crippen LogP) is 1.32. The van der Waals surface area contributed by atoms with Crippen LogP contribution in [0.3, 0.4) is 0 Å². The summed E-state index contributed by atoms with van der Waals surface area (Å²) in [6.45, 7) is 2.07. The summed E-state index contributed by atoms with van der Waals surface area (Å²) in [5.41, 5.74) is 0. The fourth-order valence-corrected chi connectivity index (χ4v) is 1.99. The zero-order valence-corrected chi connectivity index (χ0v) is 6.43. The van der Waals surface area contributed by atoms with Gasteiger partial charge >= 0.3 is 0 Å². The molecule has 1 heterocycles. The van der Waals surface area contributed by atoms with Gasteiger partial charge in [0.25, 0.3) is 0 Å². The van der Waals surface area contributed by atoms with Crippen LogP contribution in [0.15, 0.2) is 4.99 Å². The molecule has 2 heteroatoms. The molecule has 0 aromatic rings. The maximum atomic E-state index is 4.52. The molecule has 2 rings (SSSR count). The first kappa shape index (κ1) is 6.20. The lowest BCUT2D eigenvalue weighted by molar-refractivity contribution is 0.384. The van der Waals surface area contributed by atoms with E-state index >= 15 is 0 Å². The average Bonchev–Trinajstić information content (AvgIpc) is 2.27. The van der Waals surface area contributed by atoms with Crippen LogP contribution in [0.4, 0.5) is 0 Å². The third-order valence-corrected chi connectivity index (χ3v) is 2.48. The molecule has 1 saturated carbocycles. The van der Waals surface area contributed by atoms with E-state index in [1.54, 1.807) is 0 Å². The van der Waals surface area contributed by atoms with E-state index in [2.05, 4.69) is 17.2 Å². The molecule has 0 aromatic heterocycles. The van der Waals surface area contributed by atoms with Crippen LogP contribution in [0.5, 0.6) is 0 Å². The number of nitrogens with zero attached hydrogens (tertiary/aromatic N) is 1. The Bertz CT molecular complexity index is 163. The maximum absolute atomic E-state index is 4.52. The van der Waals surface area contributed by atoms with Crippen LogP contribution >= 0.6 is 0 Å². The summed E-state index contributed by atoms with van der Waals surface area (Å²) in [6, 6.07) is 1.31. The molecule has 2 nitrogen and oxygen atoms in total. The minimum Gasteiger partial charge on any atom is -0.369 e.